The lowest BCUT2D eigenvalue weighted by molar-refractivity contribution is -0.141. The highest BCUT2D eigenvalue weighted by molar-refractivity contribution is 5.98. The normalized spacial score (nSPS) is 22.0. The van der Waals surface area contributed by atoms with Crippen LogP contribution in [-0.2, 0) is 27.4 Å². The molecule has 0 bridgehead atoms. The number of benzene rings is 2. The first kappa shape index (κ1) is 30.1. The van der Waals surface area contributed by atoms with Gasteiger partial charge in [-0.1, -0.05) is 24.6 Å². The fourth-order valence-corrected chi connectivity index (χ4v) is 6.47. The summed E-state index contributed by atoms with van der Waals surface area (Å²) in [7, 11) is 0. The van der Waals surface area contributed by atoms with E-state index in [1.54, 1.807) is 26.8 Å². The first-order valence-electron chi connectivity index (χ1n) is 15.4. The molecular weight excluding hydrogens is 562 g/mol. The molecule has 6 rings (SSSR count). The van der Waals surface area contributed by atoms with Gasteiger partial charge in [-0.3, -0.25) is 9.79 Å². The highest BCUT2D eigenvalue weighted by Crippen LogP contribution is 2.55. The second-order valence-electron chi connectivity index (χ2n) is 12.2. The summed E-state index contributed by atoms with van der Waals surface area (Å²) in [6.45, 7) is 7.90. The second kappa shape index (κ2) is 11.9. The summed E-state index contributed by atoms with van der Waals surface area (Å²) in [4.78, 5) is 30.9. The first-order chi connectivity index (χ1) is 21.1. The Balaban J connectivity index is 1.56. The molecule has 0 aromatic heterocycles. The second-order valence-corrected chi connectivity index (χ2v) is 12.2. The zero-order valence-electron chi connectivity index (χ0n) is 25.7. The number of hydrogen-bond donors (Lipinski definition) is 2. The molecule has 0 saturated heterocycles. The van der Waals surface area contributed by atoms with E-state index in [0.29, 0.717) is 61.5 Å². The molecular formula is C35H39NO8. The highest BCUT2D eigenvalue weighted by atomic mass is 16.6. The minimum atomic E-state index is -1.16. The molecule has 1 fully saturated rings. The molecule has 0 spiro atoms. The van der Waals surface area contributed by atoms with Crippen LogP contribution in [0.15, 0.2) is 40.6 Å². The van der Waals surface area contributed by atoms with Gasteiger partial charge in [0.1, 0.15) is 29.1 Å². The Morgan fingerprint density at radius 3 is 2.70 bits per heavy atom. The molecule has 44 heavy (non-hydrogen) atoms. The third kappa shape index (κ3) is 5.32. The SMILES string of the molecule is CCCOc1c2c(c(CO)c3c1C(=C1CCC(=O)C(c4ccc5c(c4)=CCN=5)C1)C=C(C(=O)OCC)O3)OC(C(C)(C)O)C2. The van der Waals surface area contributed by atoms with Crippen molar-refractivity contribution in [3.05, 3.63) is 68.4 Å². The molecule has 0 radical (unpaired) electrons. The number of allylic oxidation sites excluding steroid dienone is 3. The maximum Gasteiger partial charge on any atom is 0.374 e. The van der Waals surface area contributed by atoms with E-state index in [4.69, 9.17) is 18.9 Å². The number of ketones is 1. The molecule has 2 N–H and O–H groups in total. The number of nitrogens with zero attached hydrogens (tertiary/aromatic N) is 1. The minimum Gasteiger partial charge on any atom is -0.492 e. The predicted octanol–water partition coefficient (Wildman–Crippen LogP) is 3.59. The summed E-state index contributed by atoms with van der Waals surface area (Å²) < 4.78 is 24.2. The number of carbonyl (C=O) groups is 2. The highest BCUT2D eigenvalue weighted by Gasteiger charge is 2.43. The van der Waals surface area contributed by atoms with Crippen LogP contribution >= 0.6 is 0 Å². The predicted molar refractivity (Wildman–Crippen MR) is 163 cm³/mol. The molecule has 232 valence electrons. The minimum absolute atomic E-state index is 0.0165. The molecule has 1 saturated carbocycles. The summed E-state index contributed by atoms with van der Waals surface area (Å²) in [5, 5.41) is 23.5. The lowest BCUT2D eigenvalue weighted by Crippen LogP contribution is -2.39. The number of aliphatic hydroxyl groups is 2. The van der Waals surface area contributed by atoms with Gasteiger partial charge >= 0.3 is 5.97 Å². The van der Waals surface area contributed by atoms with Gasteiger partial charge in [0, 0.05) is 24.3 Å². The van der Waals surface area contributed by atoms with Crippen molar-refractivity contribution in [2.24, 2.45) is 4.99 Å². The summed E-state index contributed by atoms with van der Waals surface area (Å²) in [5.41, 5.74) is 3.23. The molecule has 1 aliphatic carbocycles. The number of Topliss-reactive ketones (excluding diaryl/α,β-unsaturated/α-hetero) is 1. The van der Waals surface area contributed by atoms with E-state index >= 15 is 0 Å². The van der Waals surface area contributed by atoms with Crippen molar-refractivity contribution in [2.45, 2.75) is 84.0 Å². The van der Waals surface area contributed by atoms with E-state index in [2.05, 4.69) is 17.1 Å². The van der Waals surface area contributed by atoms with Crippen molar-refractivity contribution in [3.63, 3.8) is 0 Å². The van der Waals surface area contributed by atoms with Crippen LogP contribution in [0.2, 0.25) is 0 Å². The quantitative estimate of drug-likeness (QED) is 0.440. The lowest BCUT2D eigenvalue weighted by atomic mass is 9.76. The standard InChI is InChI=1S/C35H39NO8/c1-5-13-42-32-24-17-29(35(3,4)40)44-31(24)25(18-37)33-30(32)23(16-28(43-33)34(39)41-6-2)20-8-10-27(38)22(15-20)19-7-9-26-21(14-19)11-12-36-26/h7,9,11,14,16,22,29,37,40H,5-6,8,10,12-13,15,17-18H2,1-4H3. The Bertz CT molecular complexity index is 1710. The van der Waals surface area contributed by atoms with E-state index in [1.807, 2.05) is 19.1 Å². The molecule has 9 nitrogen and oxygen atoms in total. The van der Waals surface area contributed by atoms with E-state index in [1.165, 1.54) is 0 Å². The molecule has 0 amide bonds. The average Bonchev–Trinajstić information content (AvgIpc) is 3.66. The molecule has 3 heterocycles. The molecule has 2 unspecified atom stereocenters. The van der Waals surface area contributed by atoms with E-state index in [9.17, 15) is 19.8 Å². The number of rotatable bonds is 8. The fourth-order valence-electron chi connectivity index (χ4n) is 6.47. The fraction of sp³-hybridized carbons (Fsp3) is 0.457. The van der Waals surface area contributed by atoms with Crippen molar-refractivity contribution in [1.29, 1.82) is 0 Å². The van der Waals surface area contributed by atoms with Crippen molar-refractivity contribution in [3.8, 4) is 17.2 Å². The van der Waals surface area contributed by atoms with E-state index < -0.39 is 24.3 Å². The molecule has 2 aromatic rings. The number of carbonyl (C=O) groups excluding carboxylic acids is 2. The average molecular weight is 602 g/mol. The van der Waals surface area contributed by atoms with Crippen LogP contribution in [0.5, 0.6) is 17.2 Å². The summed E-state index contributed by atoms with van der Waals surface area (Å²) in [6, 6.07) is 6.01. The first-order valence-corrected chi connectivity index (χ1v) is 15.4. The van der Waals surface area contributed by atoms with Crippen molar-refractivity contribution < 1.29 is 38.7 Å². The zero-order chi connectivity index (χ0) is 31.2. The molecule has 3 aliphatic heterocycles. The van der Waals surface area contributed by atoms with Gasteiger partial charge < -0.3 is 29.2 Å². The monoisotopic (exact) mass is 601 g/mol. The van der Waals surface area contributed by atoms with Crippen LogP contribution < -0.4 is 24.8 Å². The summed E-state index contributed by atoms with van der Waals surface area (Å²) in [5.74, 6) is 0.375. The Morgan fingerprint density at radius 2 is 1.98 bits per heavy atom. The Morgan fingerprint density at radius 1 is 1.16 bits per heavy atom. The summed E-state index contributed by atoms with van der Waals surface area (Å²) >= 11 is 0. The van der Waals surface area contributed by atoms with Gasteiger partial charge in [0.25, 0.3) is 0 Å². The maximum absolute atomic E-state index is 13.4. The Kier molecular flexibility index (Phi) is 8.11. The van der Waals surface area contributed by atoms with E-state index in [0.717, 1.165) is 39.3 Å². The maximum atomic E-state index is 13.4. The van der Waals surface area contributed by atoms with Gasteiger partial charge in [0.05, 0.1) is 48.5 Å². The number of fused-ring (bicyclic) bond motifs is 3. The molecule has 9 heteroatoms. The lowest BCUT2D eigenvalue weighted by Gasteiger charge is -2.30. The van der Waals surface area contributed by atoms with Crippen LogP contribution in [0.25, 0.3) is 11.6 Å². The van der Waals surface area contributed by atoms with Gasteiger partial charge in [-0.05, 0) is 74.6 Å². The number of ether oxygens (including phenoxy) is 4. The van der Waals surface area contributed by atoms with Gasteiger partial charge in [0.15, 0.2) is 0 Å². The van der Waals surface area contributed by atoms with Crippen molar-refractivity contribution in [1.82, 2.24) is 0 Å². The van der Waals surface area contributed by atoms with E-state index in [-0.39, 0.29) is 29.8 Å². The molecule has 2 atom stereocenters. The third-order valence-electron chi connectivity index (χ3n) is 8.75. The Labute approximate surface area is 256 Å². The van der Waals surface area contributed by atoms with Crippen LogP contribution in [0.1, 0.15) is 81.5 Å². The van der Waals surface area contributed by atoms with Gasteiger partial charge in [-0.2, -0.15) is 0 Å². The topological polar surface area (TPSA) is 124 Å². The smallest absolute Gasteiger partial charge is 0.374 e. The van der Waals surface area contributed by atoms with Crippen LogP contribution in [0.3, 0.4) is 0 Å². The van der Waals surface area contributed by atoms with Crippen LogP contribution in [-0.4, -0.2) is 53.4 Å². The zero-order valence-corrected chi connectivity index (χ0v) is 25.7. The Hall–Kier alpha value is -3.95. The molecule has 4 aliphatic rings. The number of aliphatic hydroxyl groups excluding tert-OH is 1. The number of hydrogen-bond acceptors (Lipinski definition) is 9. The third-order valence-corrected chi connectivity index (χ3v) is 8.75. The largest absolute Gasteiger partial charge is 0.492 e. The van der Waals surface area contributed by atoms with Crippen molar-refractivity contribution >= 4 is 23.4 Å². The van der Waals surface area contributed by atoms with Crippen molar-refractivity contribution in [2.75, 3.05) is 19.8 Å². The van der Waals surface area contributed by atoms with Gasteiger partial charge in [0.2, 0.25) is 5.76 Å². The van der Waals surface area contributed by atoms with Gasteiger partial charge in [-0.15, -0.1) is 0 Å². The van der Waals surface area contributed by atoms with Crippen LogP contribution in [0.4, 0.5) is 0 Å². The number of esters is 1. The summed E-state index contributed by atoms with van der Waals surface area (Å²) in [6.07, 6.45) is 5.59. The molecule has 2 aromatic carbocycles. The van der Waals surface area contributed by atoms with Gasteiger partial charge in [-0.25, -0.2) is 4.79 Å². The van der Waals surface area contributed by atoms with Crippen LogP contribution in [0, 0.1) is 0 Å².